The van der Waals surface area contributed by atoms with Gasteiger partial charge >= 0.3 is 0 Å². The molecule has 1 aromatic carbocycles. The summed E-state index contributed by atoms with van der Waals surface area (Å²) in [6.45, 7) is 5.03. The average molecular weight is 246 g/mol. The van der Waals surface area contributed by atoms with Crippen molar-refractivity contribution in [3.05, 3.63) is 42.5 Å². The Morgan fingerprint density at radius 2 is 2.28 bits per heavy atom. The molecule has 1 rings (SSSR count). The van der Waals surface area contributed by atoms with Gasteiger partial charge < -0.3 is 15.2 Å². The molecule has 0 radical (unpaired) electrons. The van der Waals surface area contributed by atoms with Gasteiger partial charge in [-0.1, -0.05) is 18.2 Å². The topological polar surface area (TPSA) is 65.3 Å². The highest BCUT2D eigenvalue weighted by molar-refractivity contribution is 5.42. The zero-order valence-electron chi connectivity index (χ0n) is 10.3. The normalized spacial score (nSPS) is 11.6. The van der Waals surface area contributed by atoms with Crippen LogP contribution in [0.2, 0.25) is 0 Å². The van der Waals surface area contributed by atoms with E-state index in [1.54, 1.807) is 24.3 Å². The summed E-state index contributed by atoms with van der Waals surface area (Å²) < 4.78 is 5.41. The van der Waals surface area contributed by atoms with Crippen molar-refractivity contribution < 1.29 is 9.84 Å². The molecule has 0 aliphatic heterocycles. The Kier molecular flexibility index (Phi) is 6.55. The molecule has 1 unspecified atom stereocenters. The lowest BCUT2D eigenvalue weighted by atomic mass is 10.2. The number of hydrogen-bond donors (Lipinski definition) is 2. The molecule has 4 heteroatoms. The highest BCUT2D eigenvalue weighted by atomic mass is 16.5. The molecular formula is C14H18N2O2. The molecule has 0 saturated heterocycles. The Morgan fingerprint density at radius 3 is 3.00 bits per heavy atom. The fraction of sp³-hybridized carbons (Fsp3) is 0.357. The van der Waals surface area contributed by atoms with E-state index in [2.05, 4.69) is 11.9 Å². The summed E-state index contributed by atoms with van der Waals surface area (Å²) in [6.07, 6.45) is 2.09. The zero-order chi connectivity index (χ0) is 13.2. The number of nitriles is 1. The van der Waals surface area contributed by atoms with Gasteiger partial charge in [0.05, 0.1) is 5.56 Å². The van der Waals surface area contributed by atoms with E-state index in [-0.39, 0.29) is 6.61 Å². The molecule has 0 aliphatic carbocycles. The van der Waals surface area contributed by atoms with Crippen LogP contribution in [0.5, 0.6) is 5.75 Å². The van der Waals surface area contributed by atoms with E-state index >= 15 is 0 Å². The molecule has 0 aliphatic rings. The number of nitrogens with one attached hydrogen (secondary N) is 1. The van der Waals surface area contributed by atoms with Crippen molar-refractivity contribution in [2.75, 3.05) is 19.7 Å². The maximum absolute atomic E-state index is 9.68. The predicted octanol–water partition coefficient (Wildman–Crippen LogP) is 1.46. The molecule has 0 heterocycles. The minimum Gasteiger partial charge on any atom is -0.489 e. The van der Waals surface area contributed by atoms with Gasteiger partial charge in [0, 0.05) is 6.54 Å². The molecule has 0 fully saturated rings. The second kappa shape index (κ2) is 8.29. The van der Waals surface area contributed by atoms with Crippen molar-refractivity contribution in [3.63, 3.8) is 0 Å². The maximum atomic E-state index is 9.68. The van der Waals surface area contributed by atoms with E-state index in [0.717, 1.165) is 13.0 Å². The number of aliphatic hydroxyl groups excluding tert-OH is 1. The summed E-state index contributed by atoms with van der Waals surface area (Å²) in [7, 11) is 0. The Hall–Kier alpha value is -1.83. The fourth-order valence-electron chi connectivity index (χ4n) is 1.40. The van der Waals surface area contributed by atoms with E-state index in [4.69, 9.17) is 10.00 Å². The summed E-state index contributed by atoms with van der Waals surface area (Å²) in [4.78, 5) is 0. The van der Waals surface area contributed by atoms with Crippen molar-refractivity contribution in [1.29, 1.82) is 5.26 Å². The van der Waals surface area contributed by atoms with Crippen LogP contribution in [0.4, 0.5) is 0 Å². The summed E-state index contributed by atoms with van der Waals surface area (Å²) in [6, 6.07) is 9.02. The SMILES string of the molecule is C=CCCNCC(O)COc1ccccc1C#N. The van der Waals surface area contributed by atoms with Gasteiger partial charge in [-0.15, -0.1) is 6.58 Å². The number of ether oxygens (including phenoxy) is 1. The first-order valence-corrected chi connectivity index (χ1v) is 5.89. The van der Waals surface area contributed by atoms with Crippen molar-refractivity contribution in [2.24, 2.45) is 0 Å². The first-order chi connectivity index (χ1) is 8.77. The summed E-state index contributed by atoms with van der Waals surface area (Å²) in [5.41, 5.74) is 0.476. The first-order valence-electron chi connectivity index (χ1n) is 5.89. The van der Waals surface area contributed by atoms with Crippen LogP contribution in [-0.4, -0.2) is 30.9 Å². The van der Waals surface area contributed by atoms with Gasteiger partial charge in [-0.05, 0) is 25.1 Å². The minimum atomic E-state index is -0.596. The number of hydrogen-bond acceptors (Lipinski definition) is 4. The smallest absolute Gasteiger partial charge is 0.137 e. The average Bonchev–Trinajstić information content (AvgIpc) is 2.41. The highest BCUT2D eigenvalue weighted by Gasteiger charge is 2.07. The Labute approximate surface area is 108 Å². The van der Waals surface area contributed by atoms with E-state index in [1.807, 2.05) is 12.1 Å². The number of aliphatic hydroxyl groups is 1. The number of nitrogens with zero attached hydrogens (tertiary/aromatic N) is 1. The third-order valence-electron chi connectivity index (χ3n) is 2.34. The Balaban J connectivity index is 2.31. The van der Waals surface area contributed by atoms with Crippen LogP contribution in [0.1, 0.15) is 12.0 Å². The molecule has 4 nitrogen and oxygen atoms in total. The second-order valence-corrected chi connectivity index (χ2v) is 3.85. The van der Waals surface area contributed by atoms with Crippen molar-refractivity contribution >= 4 is 0 Å². The van der Waals surface area contributed by atoms with Crippen LogP contribution in [0.15, 0.2) is 36.9 Å². The molecule has 96 valence electrons. The highest BCUT2D eigenvalue weighted by Crippen LogP contribution is 2.16. The molecule has 2 N–H and O–H groups in total. The molecule has 1 atom stereocenters. The summed E-state index contributed by atoms with van der Waals surface area (Å²) in [5, 5.41) is 21.6. The molecule has 0 amide bonds. The van der Waals surface area contributed by atoms with Crippen LogP contribution < -0.4 is 10.1 Å². The van der Waals surface area contributed by atoms with Gasteiger partial charge in [-0.2, -0.15) is 5.26 Å². The van der Waals surface area contributed by atoms with Gasteiger partial charge in [-0.3, -0.25) is 0 Å². The molecule has 1 aromatic rings. The van der Waals surface area contributed by atoms with Crippen LogP contribution in [0, 0.1) is 11.3 Å². The maximum Gasteiger partial charge on any atom is 0.137 e. The minimum absolute atomic E-state index is 0.166. The number of benzene rings is 1. The van der Waals surface area contributed by atoms with Crippen molar-refractivity contribution in [2.45, 2.75) is 12.5 Å². The summed E-state index contributed by atoms with van der Waals surface area (Å²) >= 11 is 0. The van der Waals surface area contributed by atoms with Gasteiger partial charge in [0.2, 0.25) is 0 Å². The van der Waals surface area contributed by atoms with Gasteiger partial charge in [0.25, 0.3) is 0 Å². The molecular weight excluding hydrogens is 228 g/mol. The third kappa shape index (κ3) is 5.00. The number of para-hydroxylation sites is 1. The van der Waals surface area contributed by atoms with Crippen molar-refractivity contribution in [1.82, 2.24) is 5.32 Å². The predicted molar refractivity (Wildman–Crippen MR) is 70.3 cm³/mol. The van der Waals surface area contributed by atoms with Crippen LogP contribution in [-0.2, 0) is 0 Å². The van der Waals surface area contributed by atoms with Crippen molar-refractivity contribution in [3.8, 4) is 11.8 Å². The fourth-order valence-corrected chi connectivity index (χ4v) is 1.40. The van der Waals surface area contributed by atoms with Gasteiger partial charge in [-0.25, -0.2) is 0 Å². The largest absolute Gasteiger partial charge is 0.489 e. The molecule has 0 saturated carbocycles. The van der Waals surface area contributed by atoms with Crippen LogP contribution in [0.3, 0.4) is 0 Å². The van der Waals surface area contributed by atoms with Gasteiger partial charge in [0.1, 0.15) is 24.5 Å². The molecule has 18 heavy (non-hydrogen) atoms. The van der Waals surface area contributed by atoms with Crippen LogP contribution in [0.25, 0.3) is 0 Å². The lowest BCUT2D eigenvalue weighted by Gasteiger charge is -2.13. The quantitative estimate of drug-likeness (QED) is 0.538. The van der Waals surface area contributed by atoms with E-state index in [9.17, 15) is 5.11 Å². The Morgan fingerprint density at radius 1 is 1.50 bits per heavy atom. The standard InChI is InChI=1S/C14H18N2O2/c1-2-3-8-16-10-13(17)11-18-14-7-5-4-6-12(14)9-15/h2,4-7,13,16-17H,1,3,8,10-11H2. The summed E-state index contributed by atoms with van der Waals surface area (Å²) in [5.74, 6) is 0.505. The molecule has 0 aromatic heterocycles. The zero-order valence-corrected chi connectivity index (χ0v) is 10.3. The Bertz CT molecular complexity index is 413. The second-order valence-electron chi connectivity index (χ2n) is 3.85. The van der Waals surface area contributed by atoms with Gasteiger partial charge in [0.15, 0.2) is 0 Å². The lowest BCUT2D eigenvalue weighted by molar-refractivity contribution is 0.106. The molecule has 0 bridgehead atoms. The first kappa shape index (κ1) is 14.2. The third-order valence-corrected chi connectivity index (χ3v) is 2.34. The lowest BCUT2D eigenvalue weighted by Crippen LogP contribution is -2.31. The monoisotopic (exact) mass is 246 g/mol. The van der Waals surface area contributed by atoms with E-state index < -0.39 is 6.10 Å². The van der Waals surface area contributed by atoms with E-state index in [0.29, 0.717) is 17.9 Å². The van der Waals surface area contributed by atoms with E-state index in [1.165, 1.54) is 0 Å². The number of rotatable bonds is 8. The molecule has 0 spiro atoms. The van der Waals surface area contributed by atoms with Crippen LogP contribution >= 0.6 is 0 Å².